The van der Waals surface area contributed by atoms with Gasteiger partial charge in [0.25, 0.3) is 5.91 Å². The van der Waals surface area contributed by atoms with Crippen LogP contribution in [-0.4, -0.2) is 90.6 Å². The number of carbonyl (C=O) groups is 2. The van der Waals surface area contributed by atoms with Crippen LogP contribution in [0.4, 0.5) is 10.5 Å². The highest BCUT2D eigenvalue weighted by atomic mass is 35.5. The fourth-order valence-electron chi connectivity index (χ4n) is 9.23. The number of carbonyl (C=O) groups excluding carboxylic acids is 2. The number of nitrogens with zero attached hydrogens (tertiary/aromatic N) is 2. The summed E-state index contributed by atoms with van der Waals surface area (Å²) in [7, 11) is -0.834. The molecule has 0 bridgehead atoms. The Morgan fingerprint density at radius 3 is 2.16 bits per heavy atom. The second-order valence-electron chi connectivity index (χ2n) is 17.3. The Hall–Kier alpha value is -4.59. The van der Waals surface area contributed by atoms with E-state index in [2.05, 4.69) is 53.7 Å². The van der Waals surface area contributed by atoms with Crippen LogP contribution in [0.3, 0.4) is 0 Å². The van der Waals surface area contributed by atoms with Crippen molar-refractivity contribution in [2.45, 2.75) is 102 Å². The lowest BCUT2D eigenvalue weighted by molar-refractivity contribution is -0.121. The highest BCUT2D eigenvalue weighted by Crippen LogP contribution is 2.46. The molecule has 4 aromatic carbocycles. The maximum atomic E-state index is 14.1. The number of piperidine rings is 1. The molecule has 0 aliphatic carbocycles. The van der Waals surface area contributed by atoms with Gasteiger partial charge in [0.15, 0.2) is 6.61 Å². The first-order valence-corrected chi connectivity index (χ1v) is 24.8. The summed E-state index contributed by atoms with van der Waals surface area (Å²) in [5.41, 5.74) is 4.46. The molecule has 4 aromatic rings. The molecule has 2 aliphatic heterocycles. The summed E-state index contributed by atoms with van der Waals surface area (Å²) < 4.78 is 43.7. The topological polar surface area (TPSA) is 105 Å². The van der Waals surface area contributed by atoms with Gasteiger partial charge < -0.3 is 42.6 Å². The van der Waals surface area contributed by atoms with Gasteiger partial charge in [0, 0.05) is 39.1 Å². The van der Waals surface area contributed by atoms with Crippen molar-refractivity contribution in [3.63, 3.8) is 0 Å². The van der Waals surface area contributed by atoms with Crippen molar-refractivity contribution in [1.29, 1.82) is 0 Å². The summed E-state index contributed by atoms with van der Waals surface area (Å²) in [5, 5.41) is 0.581. The molecule has 11 nitrogen and oxygen atoms in total. The molecule has 63 heavy (non-hydrogen) atoms. The van der Waals surface area contributed by atoms with E-state index in [9.17, 15) is 9.59 Å². The second-order valence-corrected chi connectivity index (χ2v) is 23.1. The van der Waals surface area contributed by atoms with Crippen LogP contribution < -0.4 is 19.1 Å². The van der Waals surface area contributed by atoms with Crippen molar-refractivity contribution < 1.29 is 42.4 Å². The van der Waals surface area contributed by atoms with Gasteiger partial charge in [-0.05, 0) is 76.1 Å². The number of hydrogen-bond acceptors (Lipinski definition) is 9. The van der Waals surface area contributed by atoms with Crippen molar-refractivity contribution in [3.8, 4) is 17.2 Å². The van der Waals surface area contributed by atoms with E-state index in [4.69, 9.17) is 44.4 Å². The van der Waals surface area contributed by atoms with Gasteiger partial charge in [-0.15, -0.1) is 0 Å². The number of fused-ring (bicyclic) bond motifs is 1. The number of para-hydroxylation sites is 1. The first kappa shape index (κ1) is 47.9. The van der Waals surface area contributed by atoms with E-state index in [1.165, 1.54) is 0 Å². The SMILES string of the molecule is COCCCN1C(=O)COc2ccc(COC3CN(C(=O)OCc4ccccc4)CC(O[Si](C(C)C)(C(C)C)C(C)C)C3c3ccc(OCCCOc4ccccc4Cl)cc3)cc21. The van der Waals surface area contributed by atoms with Crippen molar-refractivity contribution in [2.24, 2.45) is 0 Å². The van der Waals surface area contributed by atoms with Crippen molar-refractivity contribution in [1.82, 2.24) is 4.90 Å². The number of benzene rings is 4. The largest absolute Gasteiger partial charge is 0.493 e. The van der Waals surface area contributed by atoms with E-state index in [0.29, 0.717) is 84.6 Å². The van der Waals surface area contributed by atoms with Gasteiger partial charge in [-0.25, -0.2) is 4.79 Å². The number of ether oxygens (including phenoxy) is 6. The molecule has 3 atom stereocenters. The molecule has 340 valence electrons. The van der Waals surface area contributed by atoms with E-state index >= 15 is 0 Å². The minimum absolute atomic E-state index is 0.00700. The molecule has 3 unspecified atom stereocenters. The maximum Gasteiger partial charge on any atom is 0.410 e. The molecule has 0 aromatic heterocycles. The monoisotopic (exact) mass is 900 g/mol. The van der Waals surface area contributed by atoms with Gasteiger partial charge in [-0.2, -0.15) is 0 Å². The number of hydrogen-bond donors (Lipinski definition) is 0. The molecular weight excluding hydrogens is 836 g/mol. The Balaban J connectivity index is 1.29. The van der Waals surface area contributed by atoms with Crippen molar-refractivity contribution in [3.05, 3.63) is 119 Å². The van der Waals surface area contributed by atoms with E-state index in [1.807, 2.05) is 84.9 Å². The highest BCUT2D eigenvalue weighted by Gasteiger charge is 2.51. The smallest absolute Gasteiger partial charge is 0.410 e. The zero-order valence-electron chi connectivity index (χ0n) is 37.9. The van der Waals surface area contributed by atoms with E-state index in [-0.39, 0.29) is 38.2 Å². The fraction of sp³-hybridized carbons (Fsp3) is 0.480. The molecule has 2 heterocycles. The number of amides is 2. The Bertz CT molecular complexity index is 2050. The van der Waals surface area contributed by atoms with Gasteiger partial charge in [-0.1, -0.05) is 114 Å². The van der Waals surface area contributed by atoms with Crippen LogP contribution in [0, 0.1) is 0 Å². The van der Waals surface area contributed by atoms with E-state index < -0.39 is 26.6 Å². The lowest BCUT2D eigenvalue weighted by Crippen LogP contribution is -2.59. The quantitative estimate of drug-likeness (QED) is 0.0597. The Morgan fingerprint density at radius 2 is 1.46 bits per heavy atom. The van der Waals surface area contributed by atoms with Gasteiger partial charge >= 0.3 is 6.09 Å². The zero-order valence-corrected chi connectivity index (χ0v) is 39.7. The van der Waals surface area contributed by atoms with Crippen LogP contribution in [0.2, 0.25) is 21.6 Å². The van der Waals surface area contributed by atoms with Crippen LogP contribution in [0.5, 0.6) is 17.2 Å². The van der Waals surface area contributed by atoms with Gasteiger partial charge in [0.05, 0.1) is 49.3 Å². The Kier molecular flexibility index (Phi) is 17.4. The van der Waals surface area contributed by atoms with Gasteiger partial charge in [-0.3, -0.25) is 4.79 Å². The third-order valence-corrected chi connectivity index (χ3v) is 18.6. The number of halogens is 1. The summed E-state index contributed by atoms with van der Waals surface area (Å²) in [4.78, 5) is 30.6. The number of anilines is 1. The Labute approximate surface area is 380 Å². The van der Waals surface area contributed by atoms with Crippen LogP contribution in [0.15, 0.2) is 97.1 Å². The molecule has 0 spiro atoms. The molecule has 1 fully saturated rings. The molecule has 0 N–H and O–H groups in total. The Morgan fingerprint density at radius 1 is 0.778 bits per heavy atom. The summed E-state index contributed by atoms with van der Waals surface area (Å²) in [5.74, 6) is 1.71. The van der Waals surface area contributed by atoms with Crippen LogP contribution in [0.25, 0.3) is 0 Å². The number of rotatable bonds is 21. The minimum Gasteiger partial charge on any atom is -0.493 e. The molecule has 6 rings (SSSR count). The molecule has 2 amide bonds. The molecule has 2 aliphatic rings. The molecule has 1 saturated heterocycles. The molecule has 0 saturated carbocycles. The van der Waals surface area contributed by atoms with Crippen LogP contribution >= 0.6 is 11.6 Å². The molecular formula is C50H65ClN2O9Si. The van der Waals surface area contributed by atoms with Crippen LogP contribution in [-0.2, 0) is 36.6 Å². The van der Waals surface area contributed by atoms with E-state index in [1.54, 1.807) is 16.9 Å². The maximum absolute atomic E-state index is 14.1. The summed E-state index contributed by atoms with van der Waals surface area (Å²) in [6, 6.07) is 31.2. The zero-order chi connectivity index (χ0) is 44.9. The van der Waals surface area contributed by atoms with E-state index in [0.717, 1.165) is 22.4 Å². The predicted octanol–water partition coefficient (Wildman–Crippen LogP) is 10.8. The first-order valence-electron chi connectivity index (χ1n) is 22.3. The highest BCUT2D eigenvalue weighted by molar-refractivity contribution is 6.77. The van der Waals surface area contributed by atoms with Crippen molar-refractivity contribution in [2.75, 3.05) is 58.1 Å². The van der Waals surface area contributed by atoms with Crippen LogP contribution in [0.1, 0.15) is 77.0 Å². The lowest BCUT2D eigenvalue weighted by atomic mass is 9.84. The van der Waals surface area contributed by atoms with Gasteiger partial charge in [0.2, 0.25) is 8.32 Å². The third kappa shape index (κ3) is 12.2. The minimum atomic E-state index is -2.49. The fourth-order valence-corrected chi connectivity index (χ4v) is 15.0. The van der Waals surface area contributed by atoms with Crippen molar-refractivity contribution >= 4 is 37.6 Å². The average Bonchev–Trinajstić information content (AvgIpc) is 3.28. The third-order valence-electron chi connectivity index (χ3n) is 12.2. The molecule has 0 radical (unpaired) electrons. The molecule has 13 heteroatoms. The summed E-state index contributed by atoms with van der Waals surface area (Å²) in [6.45, 7) is 16.7. The first-order chi connectivity index (χ1) is 30.4. The number of methoxy groups -OCH3 is 1. The standard InChI is InChI=1S/C50H65ClN2O9Si/c1-35(2)63(36(3)4,37(5)6)62-47-31-52(50(55)61-32-38-15-9-8-10-16-38)30-46(59-33-39-19-24-45-43(29-39)53(25-13-26-56-7)48(54)34-60-45)49(47)40-20-22-41(23-21-40)57-27-14-28-58-44-18-12-11-17-42(44)51/h8-12,15-24,29,35-37,46-47,49H,13-14,25-28,30-34H2,1-7H3. The normalized spacial score (nSPS) is 17.8. The summed E-state index contributed by atoms with van der Waals surface area (Å²) in [6.07, 6.45) is 0.0825. The lowest BCUT2D eigenvalue weighted by Gasteiger charge is -2.50. The second kappa shape index (κ2) is 22.9. The average molecular weight is 902 g/mol. The predicted molar refractivity (Wildman–Crippen MR) is 250 cm³/mol. The number of likely N-dealkylation sites (tertiary alicyclic amines) is 1. The van der Waals surface area contributed by atoms with Gasteiger partial charge in [0.1, 0.15) is 23.9 Å². The summed E-state index contributed by atoms with van der Waals surface area (Å²) >= 11 is 6.26.